The number of aromatic nitrogens is 5. The van der Waals surface area contributed by atoms with Gasteiger partial charge in [0.2, 0.25) is 0 Å². The Morgan fingerprint density at radius 3 is 1.19 bits per heavy atom. The first-order valence-corrected chi connectivity index (χ1v) is 15.9. The van der Waals surface area contributed by atoms with E-state index in [1.54, 1.807) is 0 Å². The largest absolute Gasteiger partial charge is 0.487 e. The van der Waals surface area contributed by atoms with Crippen LogP contribution in [-0.4, -0.2) is 15.0 Å². The van der Waals surface area contributed by atoms with E-state index in [9.17, 15) is 0 Å². The van der Waals surface area contributed by atoms with Gasteiger partial charge < -0.3 is 9.47 Å². The van der Waals surface area contributed by atoms with E-state index in [1.165, 1.54) is 22.3 Å². The smallest absolute Gasteiger partial charge is 0.173 e. The lowest BCUT2D eigenvalue weighted by atomic mass is 10.1. The minimum absolute atomic E-state index is 0.383. The van der Waals surface area contributed by atoms with E-state index in [0.29, 0.717) is 13.2 Å². The summed E-state index contributed by atoms with van der Waals surface area (Å²) >= 11 is 0. The predicted octanol–water partition coefficient (Wildman–Crippen LogP) is 7.04. The molecule has 7 heteroatoms. The zero-order valence-corrected chi connectivity index (χ0v) is 26.5. The lowest BCUT2D eigenvalue weighted by Crippen LogP contribution is -2.32. The van der Waals surface area contributed by atoms with Gasteiger partial charge >= 0.3 is 0 Å². The first-order chi connectivity index (χ1) is 23.7. The summed E-state index contributed by atoms with van der Waals surface area (Å²) in [5, 5.41) is 0. The Labute approximate surface area is 280 Å². The minimum Gasteiger partial charge on any atom is -0.487 e. The highest BCUT2D eigenvalue weighted by Gasteiger charge is 2.08. The molecule has 7 rings (SSSR count). The molecule has 0 N–H and O–H groups in total. The molecule has 7 aromatic rings. The maximum Gasteiger partial charge on any atom is 0.173 e. The lowest BCUT2D eigenvalue weighted by molar-refractivity contribution is -0.688. The van der Waals surface area contributed by atoms with Gasteiger partial charge in [-0.05, 0) is 107 Å². The van der Waals surface area contributed by atoms with Crippen LogP contribution in [0.5, 0.6) is 11.5 Å². The van der Waals surface area contributed by atoms with Crippen molar-refractivity contribution >= 4 is 0 Å². The maximum absolute atomic E-state index is 6.05. The Hall–Kier alpha value is -6.21. The molecule has 5 aromatic heterocycles. The van der Waals surface area contributed by atoms with E-state index in [-0.39, 0.29) is 0 Å². The number of benzene rings is 2. The fraction of sp³-hybridized carbons (Fsp3) is 0.0976. The average Bonchev–Trinajstić information content (AvgIpc) is 3.16. The fourth-order valence-electron chi connectivity index (χ4n) is 5.41. The van der Waals surface area contributed by atoms with E-state index in [1.807, 2.05) is 91.5 Å². The molecule has 234 valence electrons. The highest BCUT2D eigenvalue weighted by Crippen LogP contribution is 2.19. The number of hydrogen-bond acceptors (Lipinski definition) is 5. The second-order valence-corrected chi connectivity index (χ2v) is 11.5. The Morgan fingerprint density at radius 2 is 0.792 bits per heavy atom. The fourth-order valence-corrected chi connectivity index (χ4v) is 5.41. The summed E-state index contributed by atoms with van der Waals surface area (Å²) in [4.78, 5) is 12.9. The van der Waals surface area contributed by atoms with E-state index in [0.717, 1.165) is 47.1 Å². The van der Waals surface area contributed by atoms with Crippen LogP contribution in [0.15, 0.2) is 165 Å². The first kappa shape index (κ1) is 30.4. The Morgan fingerprint density at radius 1 is 0.417 bits per heavy atom. The SMILES string of the molecule is c1cc(COc2ccc(C[n+]3ccc(-c4ccncc4)cc3)cc2)nc(COc2ccc(C[n+]3ccc(-c4ccncc4)cc3)cc2)c1. The summed E-state index contributed by atoms with van der Waals surface area (Å²) < 4.78 is 16.4. The van der Waals surface area contributed by atoms with Gasteiger partial charge in [-0.25, -0.2) is 9.13 Å². The summed E-state index contributed by atoms with van der Waals surface area (Å²) in [6, 6.07) is 38.9. The van der Waals surface area contributed by atoms with Crippen LogP contribution >= 0.6 is 0 Å². The van der Waals surface area contributed by atoms with Crippen molar-refractivity contribution in [1.82, 2.24) is 15.0 Å². The summed E-state index contributed by atoms with van der Waals surface area (Å²) in [6.45, 7) is 2.33. The molecule has 7 nitrogen and oxygen atoms in total. The molecule has 0 bridgehead atoms. The Balaban J connectivity index is 0.871. The topological polar surface area (TPSA) is 64.9 Å². The molecule has 0 radical (unpaired) electrons. The summed E-state index contributed by atoms with van der Waals surface area (Å²) in [5.74, 6) is 1.62. The van der Waals surface area contributed by atoms with Crippen molar-refractivity contribution in [3.8, 4) is 33.8 Å². The van der Waals surface area contributed by atoms with Crippen molar-refractivity contribution in [1.29, 1.82) is 0 Å². The van der Waals surface area contributed by atoms with Crippen LogP contribution in [0.2, 0.25) is 0 Å². The summed E-state index contributed by atoms with van der Waals surface area (Å²) in [5.41, 5.74) is 8.77. The Bertz CT molecular complexity index is 1890. The molecule has 5 heterocycles. The van der Waals surface area contributed by atoms with Crippen molar-refractivity contribution < 1.29 is 18.6 Å². The lowest BCUT2D eigenvalue weighted by Gasteiger charge is -2.09. The molecule has 0 saturated heterocycles. The van der Waals surface area contributed by atoms with Gasteiger partial charge in [0.1, 0.15) is 24.7 Å². The quantitative estimate of drug-likeness (QED) is 0.136. The molecule has 0 atom stereocenters. The van der Waals surface area contributed by atoms with Crippen LogP contribution in [0.4, 0.5) is 0 Å². The molecule has 0 spiro atoms. The van der Waals surface area contributed by atoms with Gasteiger partial charge in [0.05, 0.1) is 11.4 Å². The number of nitrogens with zero attached hydrogens (tertiary/aromatic N) is 5. The highest BCUT2D eigenvalue weighted by molar-refractivity contribution is 5.62. The average molecular weight is 630 g/mol. The third-order valence-electron chi connectivity index (χ3n) is 8.02. The summed E-state index contributed by atoms with van der Waals surface area (Å²) in [6.07, 6.45) is 15.7. The summed E-state index contributed by atoms with van der Waals surface area (Å²) in [7, 11) is 0. The molecule has 0 fully saturated rings. The van der Waals surface area contributed by atoms with Gasteiger partial charge in [-0.1, -0.05) is 6.07 Å². The molecule has 0 aliphatic carbocycles. The van der Waals surface area contributed by atoms with Crippen LogP contribution in [0.3, 0.4) is 0 Å². The van der Waals surface area contributed by atoms with Gasteiger partial charge in [0, 0.05) is 60.2 Å². The van der Waals surface area contributed by atoms with Crippen LogP contribution in [-0.2, 0) is 26.3 Å². The zero-order chi connectivity index (χ0) is 32.4. The molecule has 0 aliphatic rings. The van der Waals surface area contributed by atoms with Crippen molar-refractivity contribution in [2.75, 3.05) is 0 Å². The van der Waals surface area contributed by atoms with E-state index >= 15 is 0 Å². The van der Waals surface area contributed by atoms with E-state index in [2.05, 4.69) is 92.4 Å². The van der Waals surface area contributed by atoms with Crippen LogP contribution in [0.1, 0.15) is 22.5 Å². The van der Waals surface area contributed by atoms with Gasteiger partial charge in [-0.2, -0.15) is 0 Å². The highest BCUT2D eigenvalue weighted by atomic mass is 16.5. The van der Waals surface area contributed by atoms with Gasteiger partial charge in [-0.3, -0.25) is 15.0 Å². The predicted molar refractivity (Wildman–Crippen MR) is 184 cm³/mol. The monoisotopic (exact) mass is 629 g/mol. The number of hydrogen-bond donors (Lipinski definition) is 0. The van der Waals surface area contributed by atoms with Crippen molar-refractivity contribution in [3.05, 3.63) is 187 Å². The Kier molecular flexibility index (Phi) is 9.46. The van der Waals surface area contributed by atoms with Crippen LogP contribution in [0, 0.1) is 0 Å². The third kappa shape index (κ3) is 8.13. The number of rotatable bonds is 12. The molecule has 0 aliphatic heterocycles. The van der Waals surface area contributed by atoms with Gasteiger partial charge in [0.25, 0.3) is 0 Å². The number of pyridine rings is 5. The van der Waals surface area contributed by atoms with E-state index in [4.69, 9.17) is 14.5 Å². The molecule has 48 heavy (non-hydrogen) atoms. The second kappa shape index (κ2) is 14.9. The van der Waals surface area contributed by atoms with Crippen LogP contribution in [0.25, 0.3) is 22.3 Å². The molecule has 2 aromatic carbocycles. The zero-order valence-electron chi connectivity index (χ0n) is 26.5. The third-order valence-corrected chi connectivity index (χ3v) is 8.02. The van der Waals surface area contributed by atoms with Gasteiger partial charge in [0.15, 0.2) is 37.9 Å². The molecular weight excluding hydrogens is 594 g/mol. The molecule has 0 amide bonds. The van der Waals surface area contributed by atoms with Crippen molar-refractivity contribution in [3.63, 3.8) is 0 Å². The normalized spacial score (nSPS) is 10.8. The first-order valence-electron chi connectivity index (χ1n) is 15.9. The van der Waals surface area contributed by atoms with Crippen molar-refractivity contribution in [2.24, 2.45) is 0 Å². The van der Waals surface area contributed by atoms with Crippen LogP contribution < -0.4 is 18.6 Å². The number of ether oxygens (including phenoxy) is 2. The standard InChI is InChI=1S/C41H35N5O2/c1-2-38(30-47-40-8-4-32(5-9-40)28-45-24-16-36(17-25-45)34-12-20-42-21-13-34)44-39(3-1)31-48-41-10-6-33(7-11-41)29-46-26-18-37(19-27-46)35-14-22-43-23-15-35/h1-27H,28-31H2/q+2. The molecule has 0 saturated carbocycles. The molecular formula is C41H35N5O2+2. The van der Waals surface area contributed by atoms with Crippen molar-refractivity contribution in [2.45, 2.75) is 26.3 Å². The maximum atomic E-state index is 6.05. The molecule has 0 unspecified atom stereocenters. The minimum atomic E-state index is 0.383. The van der Waals surface area contributed by atoms with E-state index < -0.39 is 0 Å². The second-order valence-electron chi connectivity index (χ2n) is 11.5. The van der Waals surface area contributed by atoms with Gasteiger partial charge in [-0.15, -0.1) is 0 Å².